The third kappa shape index (κ3) is 5.34. The second-order valence-corrected chi connectivity index (χ2v) is 6.51. The van der Waals surface area contributed by atoms with Crippen molar-refractivity contribution in [1.82, 2.24) is 4.90 Å². The van der Waals surface area contributed by atoms with E-state index in [-0.39, 0.29) is 5.91 Å². The Hall–Kier alpha value is -0.970. The van der Waals surface area contributed by atoms with Gasteiger partial charge >= 0.3 is 0 Å². The van der Waals surface area contributed by atoms with Crippen LogP contribution in [0, 0.1) is 5.92 Å². The molecule has 0 aromatic heterocycles. The summed E-state index contributed by atoms with van der Waals surface area (Å²) in [6.07, 6.45) is 3.24. The maximum absolute atomic E-state index is 11.9. The Kier molecular flexibility index (Phi) is 6.80. The van der Waals surface area contributed by atoms with Gasteiger partial charge in [-0.15, -0.1) is 0 Å². The van der Waals surface area contributed by atoms with E-state index in [9.17, 15) is 4.79 Å². The number of likely N-dealkylation sites (tertiary alicyclic amines) is 1. The van der Waals surface area contributed by atoms with E-state index in [4.69, 9.17) is 33.7 Å². The van der Waals surface area contributed by atoms with E-state index in [1.807, 2.05) is 4.90 Å². The van der Waals surface area contributed by atoms with Crippen LogP contribution >= 0.6 is 23.2 Å². The molecule has 1 aromatic carbocycles. The lowest BCUT2D eigenvalue weighted by Gasteiger charge is -2.32. The van der Waals surface area contributed by atoms with Crippen molar-refractivity contribution in [1.29, 1.82) is 0 Å². The van der Waals surface area contributed by atoms with Crippen LogP contribution in [0.5, 0.6) is 5.75 Å². The van der Waals surface area contributed by atoms with E-state index in [0.717, 1.165) is 32.4 Å². The molecule has 1 heterocycles. The summed E-state index contributed by atoms with van der Waals surface area (Å²) in [4.78, 5) is 13.9. The molecule has 1 fully saturated rings. The highest BCUT2D eigenvalue weighted by Gasteiger charge is 2.22. The smallest absolute Gasteiger partial charge is 0.222 e. The molecule has 0 bridgehead atoms. The predicted octanol–water partition coefficient (Wildman–Crippen LogP) is 3.35. The Morgan fingerprint density at radius 1 is 1.23 bits per heavy atom. The quantitative estimate of drug-likeness (QED) is 0.860. The van der Waals surface area contributed by atoms with E-state index >= 15 is 0 Å². The lowest BCUT2D eigenvalue weighted by Crippen LogP contribution is -2.39. The zero-order chi connectivity index (χ0) is 15.9. The number of amides is 1. The van der Waals surface area contributed by atoms with Crippen LogP contribution in [0.1, 0.15) is 25.7 Å². The highest BCUT2D eigenvalue weighted by atomic mass is 35.5. The second kappa shape index (κ2) is 8.61. The first kappa shape index (κ1) is 17.4. The molecule has 22 heavy (non-hydrogen) atoms. The molecular formula is C16H22Cl2N2O2. The molecule has 2 N–H and O–H groups in total. The van der Waals surface area contributed by atoms with Crippen molar-refractivity contribution in [3.63, 3.8) is 0 Å². The molecule has 2 rings (SSSR count). The molecule has 4 nitrogen and oxygen atoms in total. The van der Waals surface area contributed by atoms with Gasteiger partial charge in [-0.25, -0.2) is 0 Å². The fraction of sp³-hybridized carbons (Fsp3) is 0.562. The van der Waals surface area contributed by atoms with E-state index in [1.165, 1.54) is 0 Å². The summed E-state index contributed by atoms with van der Waals surface area (Å²) in [6.45, 7) is 2.79. The van der Waals surface area contributed by atoms with E-state index < -0.39 is 0 Å². The molecule has 6 heteroatoms. The Labute approximate surface area is 141 Å². The minimum Gasteiger partial charge on any atom is -0.493 e. The van der Waals surface area contributed by atoms with Crippen LogP contribution in [0.4, 0.5) is 0 Å². The van der Waals surface area contributed by atoms with E-state index in [0.29, 0.717) is 41.3 Å². The van der Waals surface area contributed by atoms with Crippen LogP contribution in [0.3, 0.4) is 0 Å². The SMILES string of the molecule is NCCCC(=O)N1CCC(COc2cc(Cl)cc(Cl)c2)CC1. The van der Waals surface area contributed by atoms with Crippen LogP contribution in [0.2, 0.25) is 10.0 Å². The van der Waals surface area contributed by atoms with Crippen LogP contribution in [-0.4, -0.2) is 37.0 Å². The third-order valence-corrected chi connectivity index (χ3v) is 4.32. The molecule has 0 atom stereocenters. The first-order chi connectivity index (χ1) is 10.6. The summed E-state index contributed by atoms with van der Waals surface area (Å²) in [5, 5.41) is 1.14. The number of nitrogens with zero attached hydrogens (tertiary/aromatic N) is 1. The fourth-order valence-electron chi connectivity index (χ4n) is 2.59. The number of carbonyl (C=O) groups is 1. The first-order valence-electron chi connectivity index (χ1n) is 7.65. The van der Waals surface area contributed by atoms with Gasteiger partial charge in [0.2, 0.25) is 5.91 Å². The maximum atomic E-state index is 11.9. The molecule has 0 radical (unpaired) electrons. The molecule has 1 amide bonds. The molecule has 1 saturated heterocycles. The first-order valence-corrected chi connectivity index (χ1v) is 8.41. The number of nitrogens with two attached hydrogens (primary N) is 1. The minimum absolute atomic E-state index is 0.214. The maximum Gasteiger partial charge on any atom is 0.222 e. The van der Waals surface area contributed by atoms with E-state index in [1.54, 1.807) is 18.2 Å². The average Bonchev–Trinajstić information content (AvgIpc) is 2.50. The number of halogens is 2. The summed E-state index contributed by atoms with van der Waals surface area (Å²) in [5.74, 6) is 1.36. The second-order valence-electron chi connectivity index (χ2n) is 5.63. The number of benzene rings is 1. The van der Waals surface area contributed by atoms with Crippen molar-refractivity contribution in [2.75, 3.05) is 26.2 Å². The number of ether oxygens (including phenoxy) is 1. The number of hydrogen-bond donors (Lipinski definition) is 1. The van der Waals surface area contributed by atoms with Gasteiger partial charge in [0.15, 0.2) is 0 Å². The van der Waals surface area contributed by atoms with Crippen LogP contribution in [-0.2, 0) is 4.79 Å². The topological polar surface area (TPSA) is 55.6 Å². The Morgan fingerprint density at radius 3 is 2.45 bits per heavy atom. The van der Waals surface area contributed by atoms with Crippen molar-refractivity contribution < 1.29 is 9.53 Å². The number of rotatable bonds is 6. The van der Waals surface area contributed by atoms with Gasteiger partial charge in [0, 0.05) is 29.6 Å². The number of hydrogen-bond acceptors (Lipinski definition) is 3. The van der Waals surface area contributed by atoms with Crippen molar-refractivity contribution >= 4 is 29.1 Å². The summed E-state index contributed by atoms with van der Waals surface area (Å²) in [6, 6.07) is 5.21. The Bertz CT molecular complexity index is 483. The molecule has 1 aliphatic heterocycles. The van der Waals surface area contributed by atoms with Crippen LogP contribution < -0.4 is 10.5 Å². The van der Waals surface area contributed by atoms with E-state index in [2.05, 4.69) is 0 Å². The molecule has 1 aliphatic rings. The van der Waals surface area contributed by atoms with Crippen LogP contribution in [0.15, 0.2) is 18.2 Å². The predicted molar refractivity (Wildman–Crippen MR) is 89.5 cm³/mol. The highest BCUT2D eigenvalue weighted by molar-refractivity contribution is 6.34. The van der Waals surface area contributed by atoms with Crippen molar-refractivity contribution in [3.8, 4) is 5.75 Å². The third-order valence-electron chi connectivity index (χ3n) is 3.88. The molecule has 0 spiro atoms. The largest absolute Gasteiger partial charge is 0.493 e. The average molecular weight is 345 g/mol. The summed E-state index contributed by atoms with van der Waals surface area (Å²) in [7, 11) is 0. The molecule has 0 unspecified atom stereocenters. The van der Waals surface area contributed by atoms with Gasteiger partial charge in [0.25, 0.3) is 0 Å². The summed E-state index contributed by atoms with van der Waals surface area (Å²) >= 11 is 11.9. The zero-order valence-electron chi connectivity index (χ0n) is 12.6. The standard InChI is InChI=1S/C16H22Cl2N2O2/c17-13-8-14(18)10-15(9-13)22-11-12-3-6-20(7-4-12)16(21)2-1-5-19/h8-10,12H,1-7,11,19H2. The molecule has 0 aliphatic carbocycles. The van der Waals surface area contributed by atoms with Gasteiger partial charge in [-0.1, -0.05) is 23.2 Å². The molecular weight excluding hydrogens is 323 g/mol. The minimum atomic E-state index is 0.214. The highest BCUT2D eigenvalue weighted by Crippen LogP contribution is 2.26. The van der Waals surface area contributed by atoms with Gasteiger partial charge in [-0.05, 0) is 49.9 Å². The lowest BCUT2D eigenvalue weighted by molar-refractivity contribution is -0.132. The van der Waals surface area contributed by atoms with Gasteiger partial charge in [0.1, 0.15) is 5.75 Å². The van der Waals surface area contributed by atoms with Crippen LogP contribution in [0.25, 0.3) is 0 Å². The normalized spacial score (nSPS) is 15.9. The van der Waals surface area contributed by atoms with Crippen molar-refractivity contribution in [3.05, 3.63) is 28.2 Å². The van der Waals surface area contributed by atoms with Crippen molar-refractivity contribution in [2.45, 2.75) is 25.7 Å². The van der Waals surface area contributed by atoms with Gasteiger partial charge in [-0.3, -0.25) is 4.79 Å². The summed E-state index contributed by atoms with van der Waals surface area (Å²) < 4.78 is 5.78. The van der Waals surface area contributed by atoms with Gasteiger partial charge in [0.05, 0.1) is 6.61 Å². The number of piperidine rings is 1. The molecule has 122 valence electrons. The zero-order valence-corrected chi connectivity index (χ0v) is 14.1. The summed E-state index contributed by atoms with van der Waals surface area (Å²) in [5.41, 5.74) is 5.44. The lowest BCUT2D eigenvalue weighted by atomic mass is 9.97. The molecule has 1 aromatic rings. The fourth-order valence-corrected chi connectivity index (χ4v) is 3.09. The molecule has 0 saturated carbocycles. The van der Waals surface area contributed by atoms with Gasteiger partial charge in [-0.2, -0.15) is 0 Å². The number of carbonyl (C=O) groups excluding carboxylic acids is 1. The Balaban J connectivity index is 1.74. The monoisotopic (exact) mass is 344 g/mol. The Morgan fingerprint density at radius 2 is 1.86 bits per heavy atom. The van der Waals surface area contributed by atoms with Crippen molar-refractivity contribution in [2.24, 2.45) is 11.7 Å². The van der Waals surface area contributed by atoms with Gasteiger partial charge < -0.3 is 15.4 Å².